The Balaban J connectivity index is 2.30. The van der Waals surface area contributed by atoms with E-state index < -0.39 is 0 Å². The summed E-state index contributed by atoms with van der Waals surface area (Å²) < 4.78 is 5.45. The summed E-state index contributed by atoms with van der Waals surface area (Å²) in [5.74, 6) is 0.669. The molecule has 0 aromatic rings. The molecule has 1 fully saturated rings. The molecule has 1 N–H and O–H groups in total. The van der Waals surface area contributed by atoms with Gasteiger partial charge < -0.3 is 19.9 Å². The van der Waals surface area contributed by atoms with Gasteiger partial charge in [-0.15, -0.1) is 0 Å². The quantitative estimate of drug-likeness (QED) is 0.728. The first-order chi connectivity index (χ1) is 9.04. The van der Waals surface area contributed by atoms with Gasteiger partial charge >= 0.3 is 0 Å². The van der Waals surface area contributed by atoms with E-state index in [0.29, 0.717) is 19.1 Å². The molecule has 0 radical (unpaired) electrons. The minimum Gasteiger partial charge on any atom is -0.380 e. The number of rotatable bonds is 7. The van der Waals surface area contributed by atoms with Crippen molar-refractivity contribution in [3.8, 4) is 0 Å². The van der Waals surface area contributed by atoms with Crippen LogP contribution in [0.15, 0.2) is 0 Å². The van der Waals surface area contributed by atoms with E-state index in [9.17, 15) is 4.79 Å². The highest BCUT2D eigenvalue weighted by Crippen LogP contribution is 2.03. The molecular formula is C14H29N3O2. The van der Waals surface area contributed by atoms with Crippen LogP contribution in [0.5, 0.6) is 0 Å². The van der Waals surface area contributed by atoms with Gasteiger partial charge in [-0.1, -0.05) is 13.8 Å². The summed E-state index contributed by atoms with van der Waals surface area (Å²) in [6.07, 6.45) is 0. The SMILES string of the molecule is CCOCC(NCC(=O)N1CCN(C)CC1)C(C)C. The van der Waals surface area contributed by atoms with Crippen molar-refractivity contribution in [3.05, 3.63) is 0 Å². The van der Waals surface area contributed by atoms with Gasteiger partial charge in [-0.05, 0) is 19.9 Å². The van der Waals surface area contributed by atoms with Crippen LogP contribution < -0.4 is 5.32 Å². The second-order valence-electron chi connectivity index (χ2n) is 5.57. The Hall–Kier alpha value is -0.650. The average Bonchev–Trinajstić information content (AvgIpc) is 2.39. The number of carbonyl (C=O) groups excluding carboxylic acids is 1. The second kappa shape index (κ2) is 8.51. The predicted octanol–water partition coefficient (Wildman–Crippen LogP) is 0.411. The van der Waals surface area contributed by atoms with E-state index in [1.165, 1.54) is 0 Å². The van der Waals surface area contributed by atoms with E-state index >= 15 is 0 Å². The fourth-order valence-electron chi connectivity index (χ4n) is 2.12. The largest absolute Gasteiger partial charge is 0.380 e. The molecule has 0 saturated carbocycles. The molecule has 5 heteroatoms. The van der Waals surface area contributed by atoms with Crippen molar-refractivity contribution in [2.45, 2.75) is 26.8 Å². The molecule has 0 aliphatic carbocycles. The van der Waals surface area contributed by atoms with Crippen LogP contribution in [0.1, 0.15) is 20.8 Å². The Morgan fingerprint density at radius 1 is 1.26 bits per heavy atom. The monoisotopic (exact) mass is 271 g/mol. The first kappa shape index (κ1) is 16.4. The summed E-state index contributed by atoms with van der Waals surface area (Å²) in [5.41, 5.74) is 0. The molecule has 0 aromatic heterocycles. The van der Waals surface area contributed by atoms with Gasteiger partial charge in [0.05, 0.1) is 13.2 Å². The zero-order valence-corrected chi connectivity index (χ0v) is 12.8. The van der Waals surface area contributed by atoms with Crippen LogP contribution in [-0.2, 0) is 9.53 Å². The van der Waals surface area contributed by atoms with Gasteiger partial charge in [-0.25, -0.2) is 0 Å². The van der Waals surface area contributed by atoms with Gasteiger partial charge in [0.1, 0.15) is 0 Å². The lowest BCUT2D eigenvalue weighted by Gasteiger charge is -2.33. The van der Waals surface area contributed by atoms with Gasteiger partial charge in [0, 0.05) is 38.8 Å². The van der Waals surface area contributed by atoms with E-state index in [1.807, 2.05) is 11.8 Å². The molecule has 0 spiro atoms. The smallest absolute Gasteiger partial charge is 0.236 e. The molecule has 1 aliphatic rings. The predicted molar refractivity (Wildman–Crippen MR) is 77.2 cm³/mol. The highest BCUT2D eigenvalue weighted by molar-refractivity contribution is 5.78. The van der Waals surface area contributed by atoms with Crippen LogP contribution in [0.25, 0.3) is 0 Å². The summed E-state index contributed by atoms with van der Waals surface area (Å²) in [5, 5.41) is 3.33. The lowest BCUT2D eigenvalue weighted by atomic mass is 10.1. The number of ether oxygens (including phenoxy) is 1. The van der Waals surface area contributed by atoms with E-state index in [0.717, 1.165) is 32.8 Å². The Bertz CT molecular complexity index is 263. The van der Waals surface area contributed by atoms with Gasteiger partial charge in [0.25, 0.3) is 0 Å². The topological polar surface area (TPSA) is 44.8 Å². The molecule has 0 bridgehead atoms. The number of likely N-dealkylation sites (N-methyl/N-ethyl adjacent to an activating group) is 1. The lowest BCUT2D eigenvalue weighted by Crippen LogP contribution is -2.51. The van der Waals surface area contributed by atoms with Crippen molar-refractivity contribution in [1.82, 2.24) is 15.1 Å². The Labute approximate surface area is 117 Å². The molecule has 19 heavy (non-hydrogen) atoms. The molecule has 1 heterocycles. The average molecular weight is 271 g/mol. The minimum absolute atomic E-state index is 0.204. The van der Waals surface area contributed by atoms with Crippen molar-refractivity contribution in [3.63, 3.8) is 0 Å². The Morgan fingerprint density at radius 2 is 1.89 bits per heavy atom. The fourth-order valence-corrected chi connectivity index (χ4v) is 2.12. The van der Waals surface area contributed by atoms with Gasteiger partial charge in [-0.3, -0.25) is 4.79 Å². The molecule has 1 saturated heterocycles. The number of nitrogens with zero attached hydrogens (tertiary/aromatic N) is 2. The maximum absolute atomic E-state index is 12.1. The van der Waals surface area contributed by atoms with Crippen LogP contribution >= 0.6 is 0 Å². The van der Waals surface area contributed by atoms with Crippen LogP contribution in [0.2, 0.25) is 0 Å². The summed E-state index contributed by atoms with van der Waals surface area (Å²) in [6.45, 7) is 11.7. The van der Waals surface area contributed by atoms with Crippen LogP contribution in [0, 0.1) is 5.92 Å². The van der Waals surface area contributed by atoms with Gasteiger partial charge in [-0.2, -0.15) is 0 Å². The first-order valence-electron chi connectivity index (χ1n) is 7.32. The number of hydrogen-bond donors (Lipinski definition) is 1. The second-order valence-corrected chi connectivity index (χ2v) is 5.57. The molecule has 1 rings (SSSR count). The lowest BCUT2D eigenvalue weighted by molar-refractivity contribution is -0.132. The number of carbonyl (C=O) groups is 1. The minimum atomic E-state index is 0.204. The number of amides is 1. The Morgan fingerprint density at radius 3 is 2.42 bits per heavy atom. The van der Waals surface area contributed by atoms with E-state index in [1.54, 1.807) is 0 Å². The summed E-state index contributed by atoms with van der Waals surface area (Å²) in [4.78, 5) is 16.3. The van der Waals surface area contributed by atoms with Crippen LogP contribution in [-0.4, -0.2) is 74.7 Å². The summed E-state index contributed by atoms with van der Waals surface area (Å²) >= 11 is 0. The molecular weight excluding hydrogens is 242 g/mol. The van der Waals surface area contributed by atoms with E-state index in [-0.39, 0.29) is 11.9 Å². The third-order valence-electron chi connectivity index (χ3n) is 3.68. The zero-order chi connectivity index (χ0) is 14.3. The van der Waals surface area contributed by atoms with Crippen molar-refractivity contribution in [1.29, 1.82) is 0 Å². The highest BCUT2D eigenvalue weighted by atomic mass is 16.5. The molecule has 0 aromatic carbocycles. The summed E-state index contributed by atoms with van der Waals surface area (Å²) in [6, 6.07) is 0.247. The van der Waals surface area contributed by atoms with Gasteiger partial charge in [0.2, 0.25) is 5.91 Å². The highest BCUT2D eigenvalue weighted by Gasteiger charge is 2.20. The van der Waals surface area contributed by atoms with Crippen LogP contribution in [0.4, 0.5) is 0 Å². The maximum atomic E-state index is 12.1. The van der Waals surface area contributed by atoms with Crippen molar-refractivity contribution < 1.29 is 9.53 Å². The van der Waals surface area contributed by atoms with E-state index in [4.69, 9.17) is 4.74 Å². The van der Waals surface area contributed by atoms with E-state index in [2.05, 4.69) is 31.1 Å². The van der Waals surface area contributed by atoms with Gasteiger partial charge in [0.15, 0.2) is 0 Å². The first-order valence-corrected chi connectivity index (χ1v) is 7.32. The van der Waals surface area contributed by atoms with Crippen LogP contribution in [0.3, 0.4) is 0 Å². The third-order valence-corrected chi connectivity index (χ3v) is 3.68. The fraction of sp³-hybridized carbons (Fsp3) is 0.929. The maximum Gasteiger partial charge on any atom is 0.236 e. The standard InChI is InChI=1S/C14H29N3O2/c1-5-19-11-13(12(2)3)15-10-14(18)17-8-6-16(4)7-9-17/h12-13,15H,5-11H2,1-4H3. The molecule has 1 aliphatic heterocycles. The number of nitrogens with one attached hydrogen (secondary N) is 1. The molecule has 1 amide bonds. The van der Waals surface area contributed by atoms with Crippen molar-refractivity contribution in [2.75, 3.05) is 53.0 Å². The van der Waals surface area contributed by atoms with Crippen molar-refractivity contribution in [2.24, 2.45) is 5.92 Å². The number of hydrogen-bond acceptors (Lipinski definition) is 4. The molecule has 5 nitrogen and oxygen atoms in total. The zero-order valence-electron chi connectivity index (χ0n) is 12.8. The van der Waals surface area contributed by atoms with Crippen molar-refractivity contribution >= 4 is 5.91 Å². The molecule has 1 atom stereocenters. The Kier molecular flexibility index (Phi) is 7.34. The summed E-state index contributed by atoms with van der Waals surface area (Å²) in [7, 11) is 2.09. The molecule has 1 unspecified atom stereocenters. The third kappa shape index (κ3) is 5.89. The molecule has 112 valence electrons. The normalized spacial score (nSPS) is 18.9. The number of piperazine rings is 1.